The average Bonchev–Trinajstić information content (AvgIpc) is 3.43. The van der Waals surface area contributed by atoms with Crippen LogP contribution < -0.4 is 10.6 Å². The maximum atomic E-state index is 12.6. The zero-order chi connectivity index (χ0) is 19.7. The molecule has 7 heteroatoms. The molecule has 0 bridgehead atoms. The quantitative estimate of drug-likeness (QED) is 0.629. The Morgan fingerprint density at radius 3 is 2.07 bits per heavy atom. The minimum absolute atomic E-state index is 0.196. The van der Waals surface area contributed by atoms with Gasteiger partial charge in [-0.1, -0.05) is 12.0 Å². The normalized spacial score (nSPS) is 14.7. The predicted octanol–water partition coefficient (Wildman–Crippen LogP) is 4.04. The minimum Gasteiger partial charge on any atom is -0.325 e. The highest BCUT2D eigenvalue weighted by atomic mass is 19.4. The molecule has 2 N–H and O–H groups in total. The maximum Gasteiger partial charge on any atom is 0.416 e. The summed E-state index contributed by atoms with van der Waals surface area (Å²) >= 11 is 0. The van der Waals surface area contributed by atoms with Crippen molar-refractivity contribution in [3.8, 4) is 12.3 Å². The summed E-state index contributed by atoms with van der Waals surface area (Å²) in [6.07, 6.45) is 1.59. The first kappa shape index (κ1) is 18.5. The second-order valence-corrected chi connectivity index (χ2v) is 6.29. The van der Waals surface area contributed by atoms with E-state index in [9.17, 15) is 22.8 Å². The molecule has 2 aromatic carbocycles. The van der Waals surface area contributed by atoms with Gasteiger partial charge in [0.15, 0.2) is 0 Å². The molecule has 0 atom stereocenters. The summed E-state index contributed by atoms with van der Waals surface area (Å²) in [4.78, 5) is 25.0. The Kier molecular flexibility index (Phi) is 4.66. The van der Waals surface area contributed by atoms with Crippen LogP contribution in [0.15, 0.2) is 48.5 Å². The van der Waals surface area contributed by atoms with Gasteiger partial charge in [-0.25, -0.2) is 0 Å². The topological polar surface area (TPSA) is 58.2 Å². The fraction of sp³-hybridized carbons (Fsp3) is 0.200. The van der Waals surface area contributed by atoms with Gasteiger partial charge in [0, 0.05) is 16.9 Å². The summed E-state index contributed by atoms with van der Waals surface area (Å²) < 4.78 is 37.8. The number of alkyl halides is 3. The van der Waals surface area contributed by atoms with Gasteiger partial charge in [0.2, 0.25) is 11.8 Å². The molecule has 27 heavy (non-hydrogen) atoms. The van der Waals surface area contributed by atoms with Crippen LogP contribution in [0.1, 0.15) is 24.0 Å². The molecule has 0 unspecified atom stereocenters. The minimum atomic E-state index is -4.45. The van der Waals surface area contributed by atoms with E-state index in [1.807, 2.05) is 0 Å². The first-order chi connectivity index (χ1) is 12.7. The zero-order valence-corrected chi connectivity index (χ0v) is 14.1. The van der Waals surface area contributed by atoms with Crippen molar-refractivity contribution in [2.45, 2.75) is 19.0 Å². The van der Waals surface area contributed by atoms with Crippen molar-refractivity contribution in [3.05, 3.63) is 59.7 Å². The summed E-state index contributed by atoms with van der Waals surface area (Å²) in [5.41, 5.74) is -0.778. The number of carbonyl (C=O) groups excluding carboxylic acids is 2. The van der Waals surface area contributed by atoms with Gasteiger partial charge in [-0.3, -0.25) is 9.59 Å². The number of anilines is 2. The van der Waals surface area contributed by atoms with Crippen molar-refractivity contribution in [1.29, 1.82) is 0 Å². The Balaban J connectivity index is 1.68. The SMILES string of the molecule is C#Cc1cccc(NC(=O)C2(C(=O)Nc3ccc(C(F)(F)F)cc3)CC2)c1. The molecule has 2 amide bonds. The van der Waals surface area contributed by atoms with Crippen LogP contribution in [0.25, 0.3) is 0 Å². The van der Waals surface area contributed by atoms with E-state index in [-0.39, 0.29) is 5.69 Å². The average molecular weight is 372 g/mol. The second-order valence-electron chi connectivity index (χ2n) is 6.29. The van der Waals surface area contributed by atoms with Crippen molar-refractivity contribution in [1.82, 2.24) is 0 Å². The van der Waals surface area contributed by atoms with Crippen LogP contribution in [-0.2, 0) is 15.8 Å². The Morgan fingerprint density at radius 1 is 0.963 bits per heavy atom. The van der Waals surface area contributed by atoms with E-state index in [1.54, 1.807) is 24.3 Å². The Bertz CT molecular complexity index is 923. The molecule has 0 aromatic heterocycles. The highest BCUT2D eigenvalue weighted by Gasteiger charge is 2.56. The molecule has 4 nitrogen and oxygen atoms in total. The van der Waals surface area contributed by atoms with Crippen LogP contribution >= 0.6 is 0 Å². The monoisotopic (exact) mass is 372 g/mol. The van der Waals surface area contributed by atoms with Gasteiger partial charge < -0.3 is 10.6 Å². The van der Waals surface area contributed by atoms with E-state index in [0.29, 0.717) is 24.1 Å². The lowest BCUT2D eigenvalue weighted by Crippen LogP contribution is -2.35. The summed E-state index contributed by atoms with van der Waals surface area (Å²) in [6, 6.07) is 10.7. The molecule has 0 heterocycles. The van der Waals surface area contributed by atoms with E-state index in [0.717, 1.165) is 24.3 Å². The molecule has 1 aliphatic rings. The molecule has 1 aliphatic carbocycles. The number of rotatable bonds is 4. The van der Waals surface area contributed by atoms with Crippen LogP contribution in [0.5, 0.6) is 0 Å². The Morgan fingerprint density at radius 2 is 1.56 bits per heavy atom. The first-order valence-corrected chi connectivity index (χ1v) is 8.11. The largest absolute Gasteiger partial charge is 0.416 e. The highest BCUT2D eigenvalue weighted by molar-refractivity contribution is 6.16. The number of benzene rings is 2. The van der Waals surface area contributed by atoms with Crippen molar-refractivity contribution >= 4 is 23.2 Å². The first-order valence-electron chi connectivity index (χ1n) is 8.11. The molecule has 0 radical (unpaired) electrons. The summed E-state index contributed by atoms with van der Waals surface area (Å²) in [6.45, 7) is 0. The summed E-state index contributed by atoms with van der Waals surface area (Å²) in [5, 5.41) is 5.18. The molecule has 2 aromatic rings. The van der Waals surface area contributed by atoms with Gasteiger partial charge >= 0.3 is 6.18 Å². The number of terminal acetylenes is 1. The van der Waals surface area contributed by atoms with Gasteiger partial charge in [-0.05, 0) is 55.3 Å². The molecule has 0 saturated heterocycles. The number of hydrogen-bond donors (Lipinski definition) is 2. The summed E-state index contributed by atoms with van der Waals surface area (Å²) in [7, 11) is 0. The van der Waals surface area contributed by atoms with Crippen LogP contribution in [0.2, 0.25) is 0 Å². The molecule has 3 rings (SSSR count). The number of hydrogen-bond acceptors (Lipinski definition) is 2. The van der Waals surface area contributed by atoms with Gasteiger partial charge in [-0.2, -0.15) is 13.2 Å². The third-order valence-electron chi connectivity index (χ3n) is 4.38. The molecule has 1 saturated carbocycles. The third kappa shape index (κ3) is 3.95. The Labute approximate surface area is 153 Å². The molecule has 1 fully saturated rings. The van der Waals surface area contributed by atoms with Crippen LogP contribution in [-0.4, -0.2) is 11.8 Å². The standard InChI is InChI=1S/C20H15F3N2O2/c1-2-13-4-3-5-16(12-13)25-18(27)19(10-11-19)17(26)24-15-8-6-14(7-9-15)20(21,22)23/h1,3-9,12H,10-11H2,(H,24,26)(H,25,27). The van der Waals surface area contributed by atoms with Gasteiger partial charge in [-0.15, -0.1) is 6.42 Å². The number of carbonyl (C=O) groups is 2. The van der Waals surface area contributed by atoms with Crippen molar-refractivity contribution in [3.63, 3.8) is 0 Å². The van der Waals surface area contributed by atoms with Crippen molar-refractivity contribution in [2.24, 2.45) is 5.41 Å². The fourth-order valence-corrected chi connectivity index (χ4v) is 2.61. The number of amides is 2. The maximum absolute atomic E-state index is 12.6. The number of halogens is 3. The van der Waals surface area contributed by atoms with Gasteiger partial charge in [0.25, 0.3) is 0 Å². The lowest BCUT2D eigenvalue weighted by atomic mass is 10.0. The van der Waals surface area contributed by atoms with E-state index in [2.05, 4.69) is 16.6 Å². The fourth-order valence-electron chi connectivity index (χ4n) is 2.61. The molecule has 138 valence electrons. The smallest absolute Gasteiger partial charge is 0.325 e. The zero-order valence-electron chi connectivity index (χ0n) is 14.1. The summed E-state index contributed by atoms with van der Waals surface area (Å²) in [5.74, 6) is 1.44. The van der Waals surface area contributed by atoms with E-state index in [4.69, 9.17) is 6.42 Å². The van der Waals surface area contributed by atoms with E-state index >= 15 is 0 Å². The second kappa shape index (κ2) is 6.80. The van der Waals surface area contributed by atoms with Crippen molar-refractivity contribution < 1.29 is 22.8 Å². The van der Waals surface area contributed by atoms with Crippen molar-refractivity contribution in [2.75, 3.05) is 10.6 Å². The molecule has 0 aliphatic heterocycles. The van der Waals surface area contributed by atoms with Crippen LogP contribution in [0.3, 0.4) is 0 Å². The molecular weight excluding hydrogens is 357 g/mol. The van der Waals surface area contributed by atoms with Gasteiger partial charge in [0.1, 0.15) is 5.41 Å². The lowest BCUT2D eigenvalue weighted by molar-refractivity contribution is -0.137. The third-order valence-corrected chi connectivity index (χ3v) is 4.38. The van der Waals surface area contributed by atoms with E-state index in [1.165, 1.54) is 0 Å². The Hall–Kier alpha value is -3.27. The highest BCUT2D eigenvalue weighted by Crippen LogP contribution is 2.47. The van der Waals surface area contributed by atoms with Crippen LogP contribution in [0, 0.1) is 17.8 Å². The van der Waals surface area contributed by atoms with E-state index < -0.39 is 29.0 Å². The van der Waals surface area contributed by atoms with Gasteiger partial charge in [0.05, 0.1) is 5.56 Å². The number of nitrogens with one attached hydrogen (secondary N) is 2. The lowest BCUT2D eigenvalue weighted by Gasteiger charge is -2.16. The predicted molar refractivity (Wildman–Crippen MR) is 94.7 cm³/mol. The molecule has 0 spiro atoms. The van der Waals surface area contributed by atoms with Crippen LogP contribution in [0.4, 0.5) is 24.5 Å². The molecular formula is C20H15F3N2O2.